The molecule has 0 saturated heterocycles. The van der Waals surface area contributed by atoms with E-state index in [0.29, 0.717) is 18.7 Å². The molecule has 1 atom stereocenters. The van der Waals surface area contributed by atoms with E-state index in [1.165, 1.54) is 6.07 Å². The van der Waals surface area contributed by atoms with Crippen LogP contribution in [0.15, 0.2) is 23.1 Å². The van der Waals surface area contributed by atoms with Crippen molar-refractivity contribution in [1.29, 1.82) is 0 Å². The second kappa shape index (κ2) is 7.22. The molecule has 3 N–H and O–H groups in total. The van der Waals surface area contributed by atoms with Crippen LogP contribution in [-0.2, 0) is 16.4 Å². The fourth-order valence-electron chi connectivity index (χ4n) is 1.98. The summed E-state index contributed by atoms with van der Waals surface area (Å²) in [5.41, 5.74) is 1.33. The van der Waals surface area contributed by atoms with Crippen LogP contribution in [0.25, 0.3) is 0 Å². The summed E-state index contributed by atoms with van der Waals surface area (Å²) in [4.78, 5) is 11.9. The lowest BCUT2D eigenvalue weighted by atomic mass is 10.0. The number of sulfonamides is 1. The molecule has 21 heavy (non-hydrogen) atoms. The third kappa shape index (κ3) is 4.16. The summed E-state index contributed by atoms with van der Waals surface area (Å²) in [5.74, 6) is -0.216. The average Bonchev–Trinajstić information content (AvgIpc) is 2.45. The Labute approximate surface area is 131 Å². The molecule has 118 valence electrons. The largest absolute Gasteiger partial charge is 0.352 e. The van der Waals surface area contributed by atoms with Crippen molar-refractivity contribution in [2.75, 3.05) is 20.1 Å². The third-order valence-electron chi connectivity index (χ3n) is 3.39. The lowest BCUT2D eigenvalue weighted by Crippen LogP contribution is -2.37. The minimum absolute atomic E-state index is 0. The number of likely N-dealkylation sites (N-methyl/N-ethyl adjacent to an activating group) is 1. The Morgan fingerprint density at radius 1 is 1.38 bits per heavy atom. The van der Waals surface area contributed by atoms with Gasteiger partial charge < -0.3 is 10.6 Å². The van der Waals surface area contributed by atoms with Crippen molar-refractivity contribution >= 4 is 28.3 Å². The molecule has 2 rings (SSSR count). The monoisotopic (exact) mass is 333 g/mol. The Kier molecular flexibility index (Phi) is 6.15. The second-order valence-corrected chi connectivity index (χ2v) is 6.63. The topological polar surface area (TPSA) is 87.3 Å². The third-order valence-corrected chi connectivity index (χ3v) is 4.81. The van der Waals surface area contributed by atoms with Gasteiger partial charge in [-0.1, -0.05) is 6.07 Å². The van der Waals surface area contributed by atoms with E-state index in [0.717, 1.165) is 12.0 Å². The smallest absolute Gasteiger partial charge is 0.251 e. The number of carbonyl (C=O) groups excluding carboxylic acids is 1. The van der Waals surface area contributed by atoms with Crippen molar-refractivity contribution in [1.82, 2.24) is 15.4 Å². The van der Waals surface area contributed by atoms with Crippen molar-refractivity contribution in [3.05, 3.63) is 29.3 Å². The molecule has 0 bridgehead atoms. The van der Waals surface area contributed by atoms with E-state index in [-0.39, 0.29) is 29.3 Å². The fraction of sp³-hybridized carbons (Fsp3) is 0.462. The number of hydrogen-bond donors (Lipinski definition) is 3. The lowest BCUT2D eigenvalue weighted by Gasteiger charge is -2.18. The number of hydrogen-bond acceptors (Lipinski definition) is 4. The molecule has 8 heteroatoms. The number of fused-ring (bicyclic) bond motifs is 1. The number of rotatable bonds is 5. The van der Waals surface area contributed by atoms with Crippen LogP contribution in [0.1, 0.15) is 22.8 Å². The van der Waals surface area contributed by atoms with Crippen LogP contribution < -0.4 is 15.4 Å². The summed E-state index contributed by atoms with van der Waals surface area (Å²) in [5, 5.41) is 5.67. The van der Waals surface area contributed by atoms with E-state index < -0.39 is 10.0 Å². The molecule has 1 unspecified atom stereocenters. The van der Waals surface area contributed by atoms with Crippen LogP contribution in [0.4, 0.5) is 0 Å². The van der Waals surface area contributed by atoms with Crippen molar-refractivity contribution in [2.45, 2.75) is 24.3 Å². The minimum atomic E-state index is -3.59. The molecule has 1 amide bonds. The summed E-state index contributed by atoms with van der Waals surface area (Å²) >= 11 is 0. The van der Waals surface area contributed by atoms with E-state index >= 15 is 0 Å². The molecule has 1 aliphatic rings. The van der Waals surface area contributed by atoms with Gasteiger partial charge in [0.25, 0.3) is 5.91 Å². The van der Waals surface area contributed by atoms with Gasteiger partial charge in [0.05, 0.1) is 4.90 Å². The molecule has 6 nitrogen and oxygen atoms in total. The Morgan fingerprint density at radius 3 is 2.76 bits per heavy atom. The molecule has 0 aliphatic carbocycles. The van der Waals surface area contributed by atoms with Crippen molar-refractivity contribution < 1.29 is 13.2 Å². The zero-order valence-corrected chi connectivity index (χ0v) is 13.6. The molecule has 0 radical (unpaired) electrons. The van der Waals surface area contributed by atoms with Crippen molar-refractivity contribution in [2.24, 2.45) is 0 Å². The van der Waals surface area contributed by atoms with Crippen LogP contribution in [-0.4, -0.2) is 40.5 Å². The van der Waals surface area contributed by atoms with Crippen LogP contribution >= 0.6 is 12.4 Å². The van der Waals surface area contributed by atoms with E-state index in [4.69, 9.17) is 0 Å². The molecular formula is C13H20ClN3O3S. The molecule has 1 aliphatic heterocycles. The Hall–Kier alpha value is -1.15. The van der Waals surface area contributed by atoms with Gasteiger partial charge in [-0.3, -0.25) is 4.79 Å². The predicted octanol–water partition coefficient (Wildman–Crippen LogP) is 0.281. The Balaban J connectivity index is 0.00000220. The zero-order chi connectivity index (χ0) is 14.8. The SMILES string of the molecule is CNC(C)CNS(=O)(=O)c1ccc2c(c1)C(=O)NCC2.Cl. The standard InChI is InChI=1S/C13H19N3O3S.ClH/c1-9(14-2)8-16-20(18,19)11-4-3-10-5-6-15-13(17)12(10)7-11;/h3-4,7,9,14,16H,5-6,8H2,1-2H3,(H,15,17);1H. The highest BCUT2D eigenvalue weighted by Gasteiger charge is 2.21. The number of halogens is 1. The summed E-state index contributed by atoms with van der Waals surface area (Å²) in [7, 11) is -1.83. The highest BCUT2D eigenvalue weighted by molar-refractivity contribution is 7.89. The second-order valence-electron chi connectivity index (χ2n) is 4.87. The van der Waals surface area contributed by atoms with E-state index in [2.05, 4.69) is 15.4 Å². The normalized spacial score (nSPS) is 15.6. The summed E-state index contributed by atoms with van der Waals surface area (Å²) in [6.45, 7) is 2.76. The molecule has 0 saturated carbocycles. The number of benzene rings is 1. The maximum absolute atomic E-state index is 12.2. The Bertz CT molecular complexity index is 619. The van der Waals surface area contributed by atoms with Gasteiger partial charge in [-0.05, 0) is 38.1 Å². The first-order valence-electron chi connectivity index (χ1n) is 6.52. The molecule has 1 heterocycles. The lowest BCUT2D eigenvalue weighted by molar-refractivity contribution is 0.0945. The maximum atomic E-state index is 12.2. The van der Waals surface area contributed by atoms with Gasteiger partial charge in [-0.25, -0.2) is 13.1 Å². The molecule has 0 aromatic heterocycles. The average molecular weight is 334 g/mol. The number of nitrogens with one attached hydrogen (secondary N) is 3. The minimum Gasteiger partial charge on any atom is -0.352 e. The predicted molar refractivity (Wildman–Crippen MR) is 83.4 cm³/mol. The molecule has 0 spiro atoms. The van der Waals surface area contributed by atoms with Gasteiger partial charge >= 0.3 is 0 Å². The van der Waals surface area contributed by atoms with E-state index in [1.807, 2.05) is 6.92 Å². The van der Waals surface area contributed by atoms with Gasteiger partial charge in [0.2, 0.25) is 10.0 Å². The Morgan fingerprint density at radius 2 is 2.10 bits per heavy atom. The first-order valence-corrected chi connectivity index (χ1v) is 8.00. The highest BCUT2D eigenvalue weighted by Crippen LogP contribution is 2.19. The maximum Gasteiger partial charge on any atom is 0.251 e. The molecule has 0 fully saturated rings. The van der Waals surface area contributed by atoms with Crippen LogP contribution in [0.3, 0.4) is 0 Å². The molecule has 1 aromatic rings. The van der Waals surface area contributed by atoms with Gasteiger partial charge in [-0.2, -0.15) is 0 Å². The van der Waals surface area contributed by atoms with Crippen LogP contribution in [0.5, 0.6) is 0 Å². The van der Waals surface area contributed by atoms with E-state index in [9.17, 15) is 13.2 Å². The summed E-state index contributed by atoms with van der Waals surface area (Å²) < 4.78 is 26.9. The highest BCUT2D eigenvalue weighted by atomic mass is 35.5. The van der Waals surface area contributed by atoms with Crippen LogP contribution in [0, 0.1) is 0 Å². The van der Waals surface area contributed by atoms with E-state index in [1.54, 1.807) is 19.2 Å². The first kappa shape index (κ1) is 17.9. The molecular weight excluding hydrogens is 314 g/mol. The van der Waals surface area contributed by atoms with Crippen molar-refractivity contribution in [3.8, 4) is 0 Å². The van der Waals surface area contributed by atoms with Crippen LogP contribution in [0.2, 0.25) is 0 Å². The van der Waals surface area contributed by atoms with Gasteiger partial charge in [0.15, 0.2) is 0 Å². The molecule has 1 aromatic carbocycles. The fourth-order valence-corrected chi connectivity index (χ4v) is 3.13. The first-order chi connectivity index (χ1) is 9.44. The number of amides is 1. The van der Waals surface area contributed by atoms with Gasteiger partial charge in [0, 0.05) is 24.7 Å². The summed E-state index contributed by atoms with van der Waals surface area (Å²) in [6, 6.07) is 4.73. The number of carbonyl (C=O) groups is 1. The van der Waals surface area contributed by atoms with Gasteiger partial charge in [0.1, 0.15) is 0 Å². The summed E-state index contributed by atoms with van der Waals surface area (Å²) in [6.07, 6.45) is 0.728. The van der Waals surface area contributed by atoms with Gasteiger partial charge in [-0.15, -0.1) is 12.4 Å². The quantitative estimate of drug-likeness (QED) is 0.722. The van der Waals surface area contributed by atoms with Crippen molar-refractivity contribution in [3.63, 3.8) is 0 Å². The zero-order valence-electron chi connectivity index (χ0n) is 12.0.